The van der Waals surface area contributed by atoms with Gasteiger partial charge in [0.1, 0.15) is 11.2 Å². The Morgan fingerprint density at radius 1 is 1.05 bits per heavy atom. The van der Waals surface area contributed by atoms with Crippen molar-refractivity contribution in [2.24, 2.45) is 5.10 Å². The van der Waals surface area contributed by atoms with Gasteiger partial charge in [0.15, 0.2) is 0 Å². The van der Waals surface area contributed by atoms with Gasteiger partial charge in [-0.2, -0.15) is 5.01 Å². The zero-order chi connectivity index (χ0) is 15.6. The SMILES string of the molecule is CC(C)(C)OC(=O)OC1=NN(C(=O)OC(C)(C)C)CC1. The molecule has 1 amide bonds. The molecule has 0 aromatic rings. The third-order valence-electron chi connectivity index (χ3n) is 1.96. The molecule has 0 fully saturated rings. The summed E-state index contributed by atoms with van der Waals surface area (Å²) in [6.45, 7) is 10.8. The maximum atomic E-state index is 11.7. The van der Waals surface area contributed by atoms with Crippen LogP contribution < -0.4 is 0 Å². The predicted octanol–water partition coefficient (Wildman–Crippen LogP) is 2.89. The topological polar surface area (TPSA) is 77.4 Å². The Morgan fingerprint density at radius 2 is 1.60 bits per heavy atom. The molecule has 0 atom stereocenters. The smallest absolute Gasteiger partial charge is 0.442 e. The Kier molecular flexibility index (Phi) is 4.62. The summed E-state index contributed by atoms with van der Waals surface area (Å²) in [6, 6.07) is 0. The molecule has 1 heterocycles. The van der Waals surface area contributed by atoms with Gasteiger partial charge in [-0.15, -0.1) is 5.10 Å². The largest absolute Gasteiger partial charge is 0.515 e. The van der Waals surface area contributed by atoms with E-state index in [1.54, 1.807) is 41.5 Å². The zero-order valence-corrected chi connectivity index (χ0v) is 12.8. The van der Waals surface area contributed by atoms with Crippen LogP contribution in [-0.4, -0.2) is 40.9 Å². The van der Waals surface area contributed by atoms with Gasteiger partial charge in [0.25, 0.3) is 0 Å². The summed E-state index contributed by atoms with van der Waals surface area (Å²) in [7, 11) is 0. The highest BCUT2D eigenvalue weighted by Crippen LogP contribution is 2.15. The number of hydrogen-bond donors (Lipinski definition) is 0. The Hall–Kier alpha value is -1.79. The quantitative estimate of drug-likeness (QED) is 0.640. The molecule has 7 heteroatoms. The van der Waals surface area contributed by atoms with Crippen LogP contribution in [0.1, 0.15) is 48.0 Å². The molecular weight excluding hydrogens is 264 g/mol. The number of rotatable bonds is 0. The molecule has 0 radical (unpaired) electrons. The van der Waals surface area contributed by atoms with Gasteiger partial charge in [-0.3, -0.25) is 0 Å². The van der Waals surface area contributed by atoms with Crippen molar-refractivity contribution in [3.8, 4) is 0 Å². The molecule has 0 N–H and O–H groups in total. The Bertz CT molecular complexity index is 417. The normalized spacial score (nSPS) is 15.7. The monoisotopic (exact) mass is 286 g/mol. The van der Waals surface area contributed by atoms with E-state index >= 15 is 0 Å². The lowest BCUT2D eigenvalue weighted by Gasteiger charge is -2.22. The second-order valence-corrected chi connectivity index (χ2v) is 6.41. The minimum atomic E-state index is -0.831. The second-order valence-electron chi connectivity index (χ2n) is 6.41. The molecular formula is C13H22N2O5. The summed E-state index contributed by atoms with van der Waals surface area (Å²) in [5, 5.41) is 5.02. The third-order valence-corrected chi connectivity index (χ3v) is 1.96. The first-order valence-corrected chi connectivity index (χ1v) is 6.45. The predicted molar refractivity (Wildman–Crippen MR) is 72.3 cm³/mol. The fraction of sp³-hybridized carbons (Fsp3) is 0.769. The summed E-state index contributed by atoms with van der Waals surface area (Å²) in [5.41, 5.74) is -1.23. The van der Waals surface area contributed by atoms with Crippen molar-refractivity contribution in [2.75, 3.05) is 6.54 Å². The molecule has 0 bridgehead atoms. The number of amides is 1. The number of carbonyl (C=O) groups is 2. The zero-order valence-electron chi connectivity index (χ0n) is 12.8. The van der Waals surface area contributed by atoms with Crippen molar-refractivity contribution in [3.63, 3.8) is 0 Å². The number of nitrogens with zero attached hydrogens (tertiary/aromatic N) is 2. The van der Waals surface area contributed by atoms with E-state index in [1.165, 1.54) is 0 Å². The second kappa shape index (κ2) is 5.68. The molecule has 1 aliphatic heterocycles. The van der Waals surface area contributed by atoms with Gasteiger partial charge in [-0.25, -0.2) is 9.59 Å². The van der Waals surface area contributed by atoms with Gasteiger partial charge >= 0.3 is 12.2 Å². The average molecular weight is 286 g/mol. The van der Waals surface area contributed by atoms with Crippen molar-refractivity contribution in [2.45, 2.75) is 59.2 Å². The van der Waals surface area contributed by atoms with Crippen molar-refractivity contribution in [3.05, 3.63) is 0 Å². The molecule has 20 heavy (non-hydrogen) atoms. The van der Waals surface area contributed by atoms with E-state index in [0.29, 0.717) is 13.0 Å². The van der Waals surface area contributed by atoms with Crippen molar-refractivity contribution >= 4 is 18.1 Å². The van der Waals surface area contributed by atoms with E-state index in [4.69, 9.17) is 14.2 Å². The molecule has 7 nitrogen and oxygen atoms in total. The van der Waals surface area contributed by atoms with E-state index in [2.05, 4.69) is 5.10 Å². The fourth-order valence-corrected chi connectivity index (χ4v) is 1.32. The Balaban J connectivity index is 2.53. The first-order valence-electron chi connectivity index (χ1n) is 6.45. The summed E-state index contributed by atoms with van der Waals surface area (Å²) >= 11 is 0. The lowest BCUT2D eigenvalue weighted by atomic mass is 10.2. The first-order chi connectivity index (χ1) is 8.96. The van der Waals surface area contributed by atoms with Crippen LogP contribution in [0, 0.1) is 0 Å². The molecule has 0 aliphatic carbocycles. The first kappa shape index (κ1) is 16.3. The molecule has 0 aromatic carbocycles. The molecule has 1 rings (SSSR count). The Labute approximate surface area is 118 Å². The van der Waals surface area contributed by atoms with Crippen molar-refractivity contribution in [1.82, 2.24) is 5.01 Å². The van der Waals surface area contributed by atoms with Crippen LogP contribution in [0.5, 0.6) is 0 Å². The molecule has 0 aromatic heterocycles. The van der Waals surface area contributed by atoms with E-state index in [0.717, 1.165) is 5.01 Å². The molecule has 0 unspecified atom stereocenters. The van der Waals surface area contributed by atoms with Gasteiger partial charge in [-0.05, 0) is 41.5 Å². The summed E-state index contributed by atoms with van der Waals surface area (Å²) in [4.78, 5) is 23.2. The van der Waals surface area contributed by atoms with Gasteiger partial charge in [0, 0.05) is 6.42 Å². The standard InChI is InChI=1S/C13H22N2O5/c1-12(2,3)19-10(16)15-8-7-9(14-15)18-11(17)20-13(4,5)6/h7-8H2,1-6H3. The third kappa shape index (κ3) is 5.90. The summed E-state index contributed by atoms with van der Waals surface area (Å²) in [5.74, 6) is 0.144. The fourth-order valence-electron chi connectivity index (χ4n) is 1.32. The van der Waals surface area contributed by atoms with Crippen LogP contribution in [0.25, 0.3) is 0 Å². The molecule has 0 saturated carbocycles. The van der Waals surface area contributed by atoms with Crippen LogP contribution in [0.15, 0.2) is 5.10 Å². The van der Waals surface area contributed by atoms with Gasteiger partial charge in [-0.1, -0.05) is 0 Å². The van der Waals surface area contributed by atoms with Crippen molar-refractivity contribution < 1.29 is 23.8 Å². The molecule has 1 aliphatic rings. The van der Waals surface area contributed by atoms with E-state index in [9.17, 15) is 9.59 Å². The van der Waals surface area contributed by atoms with E-state index in [-0.39, 0.29) is 5.90 Å². The maximum Gasteiger partial charge on any atom is 0.515 e. The van der Waals surface area contributed by atoms with Gasteiger partial charge < -0.3 is 14.2 Å². The molecule has 114 valence electrons. The highest BCUT2D eigenvalue weighted by Gasteiger charge is 2.28. The summed E-state index contributed by atoms with van der Waals surface area (Å²) < 4.78 is 15.1. The minimum absolute atomic E-state index is 0.144. The number of carbonyl (C=O) groups excluding carboxylic acids is 2. The van der Waals surface area contributed by atoms with Gasteiger partial charge in [0.2, 0.25) is 5.90 Å². The average Bonchev–Trinajstić information content (AvgIpc) is 2.59. The number of ether oxygens (including phenoxy) is 3. The maximum absolute atomic E-state index is 11.7. The van der Waals surface area contributed by atoms with Crippen LogP contribution >= 0.6 is 0 Å². The van der Waals surface area contributed by atoms with Crippen LogP contribution in [0.4, 0.5) is 9.59 Å². The van der Waals surface area contributed by atoms with E-state index in [1.807, 2.05) is 0 Å². The number of hydrazone groups is 1. The van der Waals surface area contributed by atoms with Gasteiger partial charge in [0.05, 0.1) is 6.54 Å². The van der Waals surface area contributed by atoms with Crippen molar-refractivity contribution in [1.29, 1.82) is 0 Å². The summed E-state index contributed by atoms with van der Waals surface area (Å²) in [6.07, 6.45) is -1.05. The molecule has 0 saturated heterocycles. The van der Waals surface area contributed by atoms with Crippen LogP contribution in [0.3, 0.4) is 0 Å². The lowest BCUT2D eigenvalue weighted by Crippen LogP contribution is -2.32. The number of hydrogen-bond acceptors (Lipinski definition) is 6. The van der Waals surface area contributed by atoms with Crippen LogP contribution in [0.2, 0.25) is 0 Å². The van der Waals surface area contributed by atoms with Crippen LogP contribution in [-0.2, 0) is 14.2 Å². The minimum Gasteiger partial charge on any atom is -0.442 e. The highest BCUT2D eigenvalue weighted by atomic mass is 16.7. The van der Waals surface area contributed by atoms with E-state index < -0.39 is 23.5 Å². The lowest BCUT2D eigenvalue weighted by molar-refractivity contribution is 0.0166. The highest BCUT2D eigenvalue weighted by molar-refractivity contribution is 5.88. The molecule has 0 spiro atoms. The Morgan fingerprint density at radius 3 is 2.10 bits per heavy atom.